The molecule has 0 aliphatic heterocycles. The Morgan fingerprint density at radius 1 is 1.26 bits per heavy atom. The number of benzene rings is 1. The Balaban J connectivity index is 1.92. The maximum absolute atomic E-state index is 13.1. The van der Waals surface area contributed by atoms with Gasteiger partial charge in [-0.05, 0) is 25.8 Å². The molecule has 0 radical (unpaired) electrons. The third-order valence-corrected chi connectivity index (χ3v) is 5.52. The summed E-state index contributed by atoms with van der Waals surface area (Å²) < 4.78 is 6.68. The lowest BCUT2D eigenvalue weighted by Crippen LogP contribution is -2.29. The molecule has 3 aromatic rings. The van der Waals surface area contributed by atoms with Gasteiger partial charge in [-0.25, -0.2) is 9.78 Å². The van der Waals surface area contributed by atoms with Crippen LogP contribution in [0.25, 0.3) is 21.3 Å². The number of fused-ring (bicyclic) bond motifs is 1. The minimum absolute atomic E-state index is 0.213. The van der Waals surface area contributed by atoms with Gasteiger partial charge in [0, 0.05) is 10.9 Å². The fourth-order valence-corrected chi connectivity index (χ4v) is 3.83. The Kier molecular flexibility index (Phi) is 6.06. The van der Waals surface area contributed by atoms with Crippen LogP contribution in [-0.4, -0.2) is 22.1 Å². The lowest BCUT2D eigenvalue weighted by atomic mass is 10.1. The van der Waals surface area contributed by atoms with Crippen LogP contribution in [0.15, 0.2) is 40.8 Å². The number of aryl methyl sites for hydroxylation is 1. The normalized spacial score (nSPS) is 12.3. The Hall–Kier alpha value is -2.47. The molecule has 6 heteroatoms. The van der Waals surface area contributed by atoms with Crippen molar-refractivity contribution >= 4 is 27.5 Å². The second-order valence-electron chi connectivity index (χ2n) is 6.70. The number of carbonyl (C=O) groups excluding carboxylic acids is 1. The monoisotopic (exact) mass is 384 g/mol. The predicted octanol–water partition coefficient (Wildman–Crippen LogP) is 4.73. The first-order valence-electron chi connectivity index (χ1n) is 9.25. The molecule has 1 aromatic carbocycles. The van der Waals surface area contributed by atoms with Crippen molar-refractivity contribution in [1.29, 1.82) is 0 Å². The number of thiophene rings is 1. The van der Waals surface area contributed by atoms with Gasteiger partial charge in [-0.3, -0.25) is 9.36 Å². The van der Waals surface area contributed by atoms with E-state index in [1.165, 1.54) is 22.2 Å². The van der Waals surface area contributed by atoms with Crippen LogP contribution >= 0.6 is 11.3 Å². The zero-order chi connectivity index (χ0) is 19.4. The molecule has 0 bridgehead atoms. The molecule has 1 atom stereocenters. The number of esters is 1. The van der Waals surface area contributed by atoms with E-state index in [1.807, 2.05) is 36.6 Å². The molecular formula is C21H24N2O3S. The summed E-state index contributed by atoms with van der Waals surface area (Å²) in [6, 6.07) is 7.33. The van der Waals surface area contributed by atoms with Gasteiger partial charge in [0.15, 0.2) is 0 Å². The van der Waals surface area contributed by atoms with Gasteiger partial charge in [0.2, 0.25) is 0 Å². The molecule has 3 rings (SSSR count). The van der Waals surface area contributed by atoms with E-state index in [-0.39, 0.29) is 5.56 Å². The van der Waals surface area contributed by atoms with Gasteiger partial charge in [-0.15, -0.1) is 11.3 Å². The Morgan fingerprint density at radius 2 is 2.00 bits per heavy atom. The number of ether oxygens (including phenoxy) is 1. The molecule has 0 spiro atoms. The van der Waals surface area contributed by atoms with Crippen LogP contribution in [0, 0.1) is 6.92 Å². The highest BCUT2D eigenvalue weighted by atomic mass is 32.1. The highest BCUT2D eigenvalue weighted by molar-refractivity contribution is 7.17. The van der Waals surface area contributed by atoms with Gasteiger partial charge in [0.05, 0.1) is 18.3 Å². The fourth-order valence-electron chi connectivity index (χ4n) is 2.93. The third kappa shape index (κ3) is 4.11. The summed E-state index contributed by atoms with van der Waals surface area (Å²) in [6.07, 6.45) is 4.36. The molecule has 0 fully saturated rings. The molecule has 0 N–H and O–H groups in total. The van der Waals surface area contributed by atoms with Crippen molar-refractivity contribution in [1.82, 2.24) is 9.55 Å². The van der Waals surface area contributed by atoms with Gasteiger partial charge in [-0.2, -0.15) is 0 Å². The maximum Gasteiger partial charge on any atom is 0.328 e. The summed E-state index contributed by atoms with van der Waals surface area (Å²) >= 11 is 1.43. The van der Waals surface area contributed by atoms with E-state index in [0.29, 0.717) is 16.8 Å². The fraction of sp³-hybridized carbons (Fsp3) is 0.381. The van der Waals surface area contributed by atoms with E-state index in [4.69, 9.17) is 4.74 Å². The smallest absolute Gasteiger partial charge is 0.328 e. The average molecular weight is 385 g/mol. The molecule has 142 valence electrons. The SMILES string of the molecule is CCCCCOC(=O)C(C)n1cnc2scc(-c3ccc(C)cc3)c2c1=O. The van der Waals surface area contributed by atoms with Crippen LogP contribution in [0.1, 0.15) is 44.7 Å². The Bertz CT molecular complexity index is 989. The average Bonchev–Trinajstić information content (AvgIpc) is 3.10. The predicted molar refractivity (Wildman–Crippen MR) is 109 cm³/mol. The molecular weight excluding hydrogens is 360 g/mol. The lowest BCUT2D eigenvalue weighted by molar-refractivity contribution is -0.147. The second-order valence-corrected chi connectivity index (χ2v) is 7.56. The molecule has 5 nitrogen and oxygen atoms in total. The van der Waals surface area contributed by atoms with Gasteiger partial charge < -0.3 is 4.74 Å². The summed E-state index contributed by atoms with van der Waals surface area (Å²) in [7, 11) is 0. The summed E-state index contributed by atoms with van der Waals surface area (Å²) in [4.78, 5) is 30.5. The minimum Gasteiger partial charge on any atom is -0.464 e. The Labute approximate surface area is 162 Å². The first-order valence-corrected chi connectivity index (χ1v) is 10.1. The second kappa shape index (κ2) is 8.48. The van der Waals surface area contributed by atoms with Crippen molar-refractivity contribution in [3.63, 3.8) is 0 Å². The quantitative estimate of drug-likeness (QED) is 0.436. The van der Waals surface area contributed by atoms with Crippen LogP contribution < -0.4 is 5.56 Å². The van der Waals surface area contributed by atoms with E-state index in [1.54, 1.807) is 6.92 Å². The molecule has 2 aromatic heterocycles. The summed E-state index contributed by atoms with van der Waals surface area (Å²) in [6.45, 7) is 6.18. The summed E-state index contributed by atoms with van der Waals surface area (Å²) in [5.74, 6) is -0.401. The van der Waals surface area contributed by atoms with Gasteiger partial charge >= 0.3 is 5.97 Å². The molecule has 2 heterocycles. The van der Waals surface area contributed by atoms with Crippen molar-refractivity contribution in [3.8, 4) is 11.1 Å². The standard InChI is InChI=1S/C21H24N2O3S/c1-4-5-6-11-26-21(25)15(3)23-13-22-19-18(20(23)24)17(12-27-19)16-9-7-14(2)8-10-16/h7-10,12-13,15H,4-6,11H2,1-3H3. The minimum atomic E-state index is -0.707. The number of rotatable bonds is 7. The number of hydrogen-bond donors (Lipinski definition) is 0. The number of nitrogens with zero attached hydrogens (tertiary/aromatic N) is 2. The first kappa shape index (κ1) is 19.3. The van der Waals surface area contributed by atoms with Crippen LogP contribution in [0.5, 0.6) is 0 Å². The lowest BCUT2D eigenvalue weighted by Gasteiger charge is -2.14. The van der Waals surface area contributed by atoms with Gasteiger partial charge in [0.1, 0.15) is 10.9 Å². The first-order chi connectivity index (χ1) is 13.0. The van der Waals surface area contributed by atoms with Crippen molar-refractivity contribution in [2.24, 2.45) is 0 Å². The number of carbonyl (C=O) groups is 1. The van der Waals surface area contributed by atoms with Crippen LogP contribution in [0.3, 0.4) is 0 Å². The van der Waals surface area contributed by atoms with Gasteiger partial charge in [-0.1, -0.05) is 49.6 Å². The van der Waals surface area contributed by atoms with E-state index in [0.717, 1.165) is 36.0 Å². The van der Waals surface area contributed by atoms with E-state index < -0.39 is 12.0 Å². The zero-order valence-corrected chi connectivity index (χ0v) is 16.7. The third-order valence-electron chi connectivity index (χ3n) is 4.63. The van der Waals surface area contributed by atoms with Crippen molar-refractivity contribution in [3.05, 3.63) is 51.9 Å². The van der Waals surface area contributed by atoms with Crippen molar-refractivity contribution < 1.29 is 9.53 Å². The number of hydrogen-bond acceptors (Lipinski definition) is 5. The largest absolute Gasteiger partial charge is 0.464 e. The summed E-state index contributed by atoms with van der Waals surface area (Å²) in [5, 5.41) is 2.50. The molecule has 0 saturated heterocycles. The zero-order valence-electron chi connectivity index (χ0n) is 15.9. The molecule has 27 heavy (non-hydrogen) atoms. The molecule has 0 amide bonds. The maximum atomic E-state index is 13.1. The summed E-state index contributed by atoms with van der Waals surface area (Å²) in [5.41, 5.74) is 2.77. The van der Waals surface area contributed by atoms with E-state index >= 15 is 0 Å². The van der Waals surface area contributed by atoms with E-state index in [9.17, 15) is 9.59 Å². The molecule has 0 aliphatic rings. The van der Waals surface area contributed by atoms with Crippen molar-refractivity contribution in [2.75, 3.05) is 6.61 Å². The van der Waals surface area contributed by atoms with Crippen molar-refractivity contribution in [2.45, 2.75) is 46.1 Å². The van der Waals surface area contributed by atoms with E-state index in [2.05, 4.69) is 11.9 Å². The highest BCUT2D eigenvalue weighted by Gasteiger charge is 2.21. The molecule has 0 saturated carbocycles. The van der Waals surface area contributed by atoms with Crippen LogP contribution in [0.2, 0.25) is 0 Å². The molecule has 1 unspecified atom stereocenters. The topological polar surface area (TPSA) is 61.2 Å². The number of aromatic nitrogens is 2. The number of unbranched alkanes of at least 4 members (excludes halogenated alkanes) is 2. The van der Waals surface area contributed by atoms with Crippen LogP contribution in [0.4, 0.5) is 0 Å². The van der Waals surface area contributed by atoms with Gasteiger partial charge in [0.25, 0.3) is 5.56 Å². The highest BCUT2D eigenvalue weighted by Crippen LogP contribution is 2.31. The van der Waals surface area contributed by atoms with Crippen LogP contribution in [-0.2, 0) is 9.53 Å². The Morgan fingerprint density at radius 3 is 2.70 bits per heavy atom. The molecule has 0 aliphatic carbocycles.